The molecule has 0 aromatic carbocycles. The van der Waals surface area contributed by atoms with Crippen LogP contribution in [0.4, 0.5) is 4.79 Å². The van der Waals surface area contributed by atoms with Crippen LogP contribution in [-0.4, -0.2) is 49.3 Å². The van der Waals surface area contributed by atoms with Crippen molar-refractivity contribution in [3.05, 3.63) is 0 Å². The van der Waals surface area contributed by atoms with Crippen LogP contribution in [0.2, 0.25) is 0 Å². The molecule has 1 aliphatic rings. The van der Waals surface area contributed by atoms with Gasteiger partial charge in [-0.05, 0) is 6.42 Å². The van der Waals surface area contributed by atoms with Crippen LogP contribution in [0.15, 0.2) is 0 Å². The van der Waals surface area contributed by atoms with Gasteiger partial charge in [0.1, 0.15) is 6.23 Å². The number of carbonyl (C=O) groups is 1. The number of carbonyl (C=O) groups excluding carboxylic acids is 1. The summed E-state index contributed by atoms with van der Waals surface area (Å²) in [4.78, 5) is 15.3. The molecule has 1 unspecified atom stereocenters. The van der Waals surface area contributed by atoms with Gasteiger partial charge in [0.2, 0.25) is 0 Å². The Kier molecular flexibility index (Phi) is 4.19. The van der Waals surface area contributed by atoms with Crippen molar-refractivity contribution in [1.29, 1.82) is 0 Å². The van der Waals surface area contributed by atoms with Crippen LogP contribution in [0.1, 0.15) is 33.6 Å². The first-order valence-corrected chi connectivity index (χ1v) is 5.99. The van der Waals surface area contributed by atoms with Crippen LogP contribution in [0, 0.1) is 5.41 Å². The fourth-order valence-corrected chi connectivity index (χ4v) is 2.33. The average molecular weight is 228 g/mol. The summed E-state index contributed by atoms with van der Waals surface area (Å²) in [6, 6.07) is 0.0424. The lowest BCUT2D eigenvalue weighted by Gasteiger charge is -2.47. The highest BCUT2D eigenvalue weighted by Crippen LogP contribution is 2.31. The van der Waals surface area contributed by atoms with Crippen molar-refractivity contribution in [3.63, 3.8) is 0 Å². The number of hydrogen-bond acceptors (Lipinski definition) is 2. The summed E-state index contributed by atoms with van der Waals surface area (Å²) in [6.07, 6.45) is 2.05. The highest BCUT2D eigenvalue weighted by atomic mass is 16.5. The predicted molar refractivity (Wildman–Crippen MR) is 64.2 cm³/mol. The molecule has 1 fully saturated rings. The van der Waals surface area contributed by atoms with Gasteiger partial charge < -0.3 is 14.5 Å². The maximum atomic E-state index is 11.8. The molecular formula is C12H24N2O2. The van der Waals surface area contributed by atoms with E-state index in [0.717, 1.165) is 26.0 Å². The number of urea groups is 1. The van der Waals surface area contributed by atoms with E-state index in [9.17, 15) is 4.79 Å². The van der Waals surface area contributed by atoms with E-state index in [4.69, 9.17) is 4.74 Å². The van der Waals surface area contributed by atoms with Crippen molar-refractivity contribution in [2.24, 2.45) is 5.41 Å². The first kappa shape index (κ1) is 13.3. The maximum absolute atomic E-state index is 11.8. The molecule has 0 radical (unpaired) electrons. The summed E-state index contributed by atoms with van der Waals surface area (Å²) in [5.41, 5.74) is -0.0227. The van der Waals surface area contributed by atoms with Gasteiger partial charge >= 0.3 is 6.03 Å². The Morgan fingerprint density at radius 2 is 2.06 bits per heavy atom. The van der Waals surface area contributed by atoms with E-state index in [0.29, 0.717) is 0 Å². The Labute approximate surface area is 98.5 Å². The molecule has 1 heterocycles. The molecule has 4 nitrogen and oxygen atoms in total. The van der Waals surface area contributed by atoms with Crippen molar-refractivity contribution in [1.82, 2.24) is 9.80 Å². The molecule has 0 aliphatic carbocycles. The maximum Gasteiger partial charge on any atom is 0.321 e. The Morgan fingerprint density at radius 1 is 1.44 bits per heavy atom. The molecule has 2 amide bonds. The van der Waals surface area contributed by atoms with Gasteiger partial charge in [-0.1, -0.05) is 27.2 Å². The molecule has 0 aromatic rings. The van der Waals surface area contributed by atoms with Crippen molar-refractivity contribution in [2.75, 3.05) is 27.2 Å². The van der Waals surface area contributed by atoms with Crippen LogP contribution in [0.5, 0.6) is 0 Å². The Hall–Kier alpha value is -0.770. The van der Waals surface area contributed by atoms with E-state index in [2.05, 4.69) is 20.8 Å². The molecule has 1 saturated heterocycles. The van der Waals surface area contributed by atoms with Gasteiger partial charge in [0.25, 0.3) is 0 Å². The summed E-state index contributed by atoms with van der Waals surface area (Å²) in [5.74, 6) is 0. The smallest absolute Gasteiger partial charge is 0.321 e. The zero-order chi connectivity index (χ0) is 12.3. The van der Waals surface area contributed by atoms with E-state index in [1.807, 2.05) is 14.1 Å². The average Bonchev–Trinajstić information content (AvgIpc) is 2.19. The minimum atomic E-state index is -0.109. The summed E-state index contributed by atoms with van der Waals surface area (Å²) in [5, 5.41) is 0. The monoisotopic (exact) mass is 228 g/mol. The lowest BCUT2D eigenvalue weighted by molar-refractivity contribution is -0.125. The Bertz CT molecular complexity index is 253. The highest BCUT2D eigenvalue weighted by Gasteiger charge is 2.42. The molecular weight excluding hydrogens is 204 g/mol. The number of hydrogen-bond donors (Lipinski definition) is 0. The summed E-state index contributed by atoms with van der Waals surface area (Å²) in [6.45, 7) is 7.89. The first-order chi connectivity index (χ1) is 7.40. The number of ether oxygens (including phenoxy) is 1. The topological polar surface area (TPSA) is 32.8 Å². The van der Waals surface area contributed by atoms with Crippen LogP contribution >= 0.6 is 0 Å². The minimum Gasteiger partial charge on any atom is -0.358 e. The van der Waals surface area contributed by atoms with Gasteiger partial charge in [-0.25, -0.2) is 4.79 Å². The second-order valence-corrected chi connectivity index (χ2v) is 5.31. The van der Waals surface area contributed by atoms with Crippen molar-refractivity contribution < 1.29 is 9.53 Å². The Balaban J connectivity index is 2.67. The molecule has 1 aliphatic heterocycles. The van der Waals surface area contributed by atoms with Crippen LogP contribution in [0.25, 0.3) is 0 Å². The van der Waals surface area contributed by atoms with Crippen LogP contribution < -0.4 is 0 Å². The lowest BCUT2D eigenvalue weighted by Crippen LogP contribution is -2.60. The predicted octanol–water partition coefficient (Wildman–Crippen LogP) is 2.15. The van der Waals surface area contributed by atoms with E-state index in [-0.39, 0.29) is 17.7 Å². The Morgan fingerprint density at radius 3 is 2.62 bits per heavy atom. The highest BCUT2D eigenvalue weighted by molar-refractivity contribution is 5.75. The largest absolute Gasteiger partial charge is 0.358 e. The number of nitrogens with zero attached hydrogens (tertiary/aromatic N) is 2. The first-order valence-electron chi connectivity index (χ1n) is 5.99. The third kappa shape index (κ3) is 2.67. The third-order valence-corrected chi connectivity index (χ3v) is 3.07. The minimum absolute atomic E-state index is 0.0227. The zero-order valence-corrected chi connectivity index (χ0v) is 11.1. The van der Waals surface area contributed by atoms with E-state index >= 15 is 0 Å². The molecule has 4 heteroatoms. The van der Waals surface area contributed by atoms with Gasteiger partial charge in [0, 0.05) is 32.7 Å². The van der Waals surface area contributed by atoms with Crippen molar-refractivity contribution >= 4 is 6.03 Å². The number of rotatable bonds is 4. The lowest BCUT2D eigenvalue weighted by atomic mass is 9.88. The number of unbranched alkanes of at least 4 members (excludes halogenated alkanes) is 1. The van der Waals surface area contributed by atoms with Gasteiger partial charge in [-0.3, -0.25) is 0 Å². The summed E-state index contributed by atoms with van der Waals surface area (Å²) < 4.78 is 5.85. The van der Waals surface area contributed by atoms with Crippen LogP contribution in [0.3, 0.4) is 0 Å². The molecule has 1 atom stereocenters. The van der Waals surface area contributed by atoms with Gasteiger partial charge in [-0.15, -0.1) is 0 Å². The van der Waals surface area contributed by atoms with Crippen molar-refractivity contribution in [2.45, 2.75) is 39.8 Å². The van der Waals surface area contributed by atoms with Gasteiger partial charge in [0.15, 0.2) is 0 Å². The fraction of sp³-hybridized carbons (Fsp3) is 0.917. The fourth-order valence-electron chi connectivity index (χ4n) is 2.33. The third-order valence-electron chi connectivity index (χ3n) is 3.07. The molecule has 0 bridgehead atoms. The normalized spacial score (nSPS) is 25.1. The summed E-state index contributed by atoms with van der Waals surface area (Å²) >= 11 is 0. The second-order valence-electron chi connectivity index (χ2n) is 5.31. The molecule has 94 valence electrons. The molecule has 0 spiro atoms. The quantitative estimate of drug-likeness (QED) is 0.691. The van der Waals surface area contributed by atoms with Crippen molar-refractivity contribution in [3.8, 4) is 0 Å². The molecule has 0 aromatic heterocycles. The second kappa shape index (κ2) is 5.04. The molecule has 0 N–H and O–H groups in total. The van der Waals surface area contributed by atoms with Crippen LogP contribution in [-0.2, 0) is 4.74 Å². The van der Waals surface area contributed by atoms with E-state index < -0.39 is 0 Å². The van der Waals surface area contributed by atoms with E-state index in [1.165, 1.54) is 0 Å². The number of amides is 2. The molecule has 0 saturated carbocycles. The molecule has 16 heavy (non-hydrogen) atoms. The SMILES string of the molecule is CCCCOC1N(C)C(=O)N(C)CC1(C)C. The zero-order valence-electron chi connectivity index (χ0n) is 11.1. The molecule has 1 rings (SSSR count). The van der Waals surface area contributed by atoms with E-state index in [1.54, 1.807) is 9.80 Å². The standard InChI is InChI=1S/C12H24N2O2/c1-6-7-8-16-10-12(2,3)9-13(4)11(15)14(10)5/h10H,6-9H2,1-5H3. The van der Waals surface area contributed by atoms with Gasteiger partial charge in [0.05, 0.1) is 0 Å². The van der Waals surface area contributed by atoms with Gasteiger partial charge in [-0.2, -0.15) is 0 Å². The summed E-state index contributed by atoms with van der Waals surface area (Å²) in [7, 11) is 3.65.